The smallest absolute Gasteiger partial charge is 0.0234 e. The van der Waals surface area contributed by atoms with Gasteiger partial charge in [-0.3, -0.25) is 4.90 Å². The molecular weight excluding hydrogens is 208 g/mol. The number of rotatable bonds is 4. The number of piperazine rings is 1. The summed E-state index contributed by atoms with van der Waals surface area (Å²) in [4.78, 5) is 2.52. The third kappa shape index (κ3) is 4.14. The number of benzene rings is 1. The molecule has 1 fully saturated rings. The lowest BCUT2D eigenvalue weighted by atomic mass is 10.0. The number of hydrogen-bond donors (Lipinski definition) is 1. The minimum atomic E-state index is 0.744. The Bertz CT molecular complexity index is 323. The highest BCUT2D eigenvalue weighted by molar-refractivity contribution is 5.22. The molecule has 17 heavy (non-hydrogen) atoms. The van der Waals surface area contributed by atoms with Crippen LogP contribution in [0.2, 0.25) is 0 Å². The molecule has 1 heterocycles. The lowest BCUT2D eigenvalue weighted by Gasteiger charge is -2.27. The second-order valence-electron chi connectivity index (χ2n) is 5.44. The van der Waals surface area contributed by atoms with Gasteiger partial charge in [-0.05, 0) is 23.5 Å². The summed E-state index contributed by atoms with van der Waals surface area (Å²) < 4.78 is 0. The lowest BCUT2D eigenvalue weighted by molar-refractivity contribution is 0.233. The fraction of sp³-hybridized carbons (Fsp3) is 0.600. The van der Waals surface area contributed by atoms with Crippen molar-refractivity contribution in [3.63, 3.8) is 0 Å². The van der Waals surface area contributed by atoms with Crippen molar-refractivity contribution in [1.82, 2.24) is 10.2 Å². The highest BCUT2D eigenvalue weighted by Gasteiger charge is 2.09. The Labute approximate surface area is 105 Å². The van der Waals surface area contributed by atoms with Crippen LogP contribution in [0.4, 0.5) is 0 Å². The van der Waals surface area contributed by atoms with Crippen LogP contribution in [0, 0.1) is 5.92 Å². The molecule has 0 amide bonds. The zero-order chi connectivity index (χ0) is 12.1. The summed E-state index contributed by atoms with van der Waals surface area (Å²) in [7, 11) is 0. The fourth-order valence-corrected chi connectivity index (χ4v) is 2.38. The van der Waals surface area contributed by atoms with E-state index < -0.39 is 0 Å². The summed E-state index contributed by atoms with van der Waals surface area (Å²) in [5.74, 6) is 0.744. The van der Waals surface area contributed by atoms with Gasteiger partial charge in [0.1, 0.15) is 0 Å². The van der Waals surface area contributed by atoms with Crippen LogP contribution >= 0.6 is 0 Å². The molecule has 1 aliphatic rings. The Morgan fingerprint density at radius 1 is 1.06 bits per heavy atom. The van der Waals surface area contributed by atoms with E-state index in [1.807, 2.05) is 0 Å². The van der Waals surface area contributed by atoms with Crippen molar-refractivity contribution in [1.29, 1.82) is 0 Å². The minimum Gasteiger partial charge on any atom is -0.314 e. The van der Waals surface area contributed by atoms with Crippen molar-refractivity contribution in [2.24, 2.45) is 5.92 Å². The summed E-state index contributed by atoms with van der Waals surface area (Å²) in [6, 6.07) is 9.16. The predicted molar refractivity (Wildman–Crippen MR) is 73.1 cm³/mol. The van der Waals surface area contributed by atoms with Crippen LogP contribution in [0.15, 0.2) is 24.3 Å². The summed E-state index contributed by atoms with van der Waals surface area (Å²) in [5.41, 5.74) is 2.91. The van der Waals surface area contributed by atoms with Crippen molar-refractivity contribution in [3.8, 4) is 0 Å². The van der Waals surface area contributed by atoms with Gasteiger partial charge < -0.3 is 5.32 Å². The topological polar surface area (TPSA) is 15.3 Å². The molecule has 1 saturated heterocycles. The van der Waals surface area contributed by atoms with Crippen LogP contribution in [0.1, 0.15) is 25.0 Å². The van der Waals surface area contributed by atoms with Gasteiger partial charge in [0.15, 0.2) is 0 Å². The standard InChI is InChI=1S/C15H24N2/c1-13(2)11-14-3-5-15(6-4-14)12-17-9-7-16-8-10-17/h3-6,13,16H,7-12H2,1-2H3. The van der Waals surface area contributed by atoms with E-state index in [0.29, 0.717) is 0 Å². The maximum atomic E-state index is 3.39. The van der Waals surface area contributed by atoms with E-state index in [1.54, 1.807) is 0 Å². The van der Waals surface area contributed by atoms with Crippen LogP contribution in [-0.2, 0) is 13.0 Å². The highest BCUT2D eigenvalue weighted by Crippen LogP contribution is 2.11. The van der Waals surface area contributed by atoms with Gasteiger partial charge in [0, 0.05) is 32.7 Å². The van der Waals surface area contributed by atoms with Gasteiger partial charge in [-0.2, -0.15) is 0 Å². The van der Waals surface area contributed by atoms with Crippen molar-refractivity contribution in [3.05, 3.63) is 35.4 Å². The first-order chi connectivity index (χ1) is 8.24. The molecule has 2 nitrogen and oxygen atoms in total. The van der Waals surface area contributed by atoms with Crippen LogP contribution in [0.3, 0.4) is 0 Å². The Morgan fingerprint density at radius 3 is 2.24 bits per heavy atom. The summed E-state index contributed by atoms with van der Waals surface area (Å²) in [6.45, 7) is 10.3. The van der Waals surface area contributed by atoms with Gasteiger partial charge in [0.2, 0.25) is 0 Å². The third-order valence-corrected chi connectivity index (χ3v) is 3.28. The first-order valence-electron chi connectivity index (χ1n) is 6.75. The summed E-state index contributed by atoms with van der Waals surface area (Å²) in [6.07, 6.45) is 1.19. The maximum absolute atomic E-state index is 3.39. The SMILES string of the molecule is CC(C)Cc1ccc(CN2CCNCC2)cc1. The van der Waals surface area contributed by atoms with E-state index in [9.17, 15) is 0 Å². The molecule has 2 heteroatoms. The van der Waals surface area contributed by atoms with Crippen LogP contribution in [0.5, 0.6) is 0 Å². The van der Waals surface area contributed by atoms with Crippen LogP contribution in [0.25, 0.3) is 0 Å². The van der Waals surface area contributed by atoms with Crippen LogP contribution in [-0.4, -0.2) is 31.1 Å². The van der Waals surface area contributed by atoms with Gasteiger partial charge in [0.05, 0.1) is 0 Å². The van der Waals surface area contributed by atoms with Gasteiger partial charge >= 0.3 is 0 Å². The van der Waals surface area contributed by atoms with Gasteiger partial charge in [-0.15, -0.1) is 0 Å². The molecule has 0 aromatic heterocycles. The fourth-order valence-electron chi connectivity index (χ4n) is 2.38. The van der Waals surface area contributed by atoms with Crippen molar-refractivity contribution in [2.75, 3.05) is 26.2 Å². The van der Waals surface area contributed by atoms with E-state index in [2.05, 4.69) is 48.3 Å². The molecule has 1 aliphatic heterocycles. The molecule has 0 atom stereocenters. The van der Waals surface area contributed by atoms with Crippen LogP contribution < -0.4 is 5.32 Å². The highest BCUT2D eigenvalue weighted by atomic mass is 15.2. The summed E-state index contributed by atoms with van der Waals surface area (Å²) >= 11 is 0. The molecule has 0 saturated carbocycles. The monoisotopic (exact) mass is 232 g/mol. The number of nitrogens with one attached hydrogen (secondary N) is 1. The Kier molecular flexibility index (Phi) is 4.57. The second kappa shape index (κ2) is 6.18. The van der Waals surface area contributed by atoms with E-state index in [4.69, 9.17) is 0 Å². The Morgan fingerprint density at radius 2 is 1.65 bits per heavy atom. The van der Waals surface area contributed by atoms with E-state index in [-0.39, 0.29) is 0 Å². The molecule has 0 spiro atoms. The quantitative estimate of drug-likeness (QED) is 0.857. The van der Waals surface area contributed by atoms with E-state index >= 15 is 0 Å². The van der Waals surface area contributed by atoms with Crippen molar-refractivity contribution >= 4 is 0 Å². The lowest BCUT2D eigenvalue weighted by Crippen LogP contribution is -2.42. The second-order valence-corrected chi connectivity index (χ2v) is 5.44. The predicted octanol–water partition coefficient (Wildman–Crippen LogP) is 2.29. The normalized spacial score (nSPS) is 17.6. The molecule has 1 aromatic carbocycles. The van der Waals surface area contributed by atoms with Gasteiger partial charge in [0.25, 0.3) is 0 Å². The van der Waals surface area contributed by atoms with Gasteiger partial charge in [-0.25, -0.2) is 0 Å². The molecule has 0 radical (unpaired) electrons. The first-order valence-corrected chi connectivity index (χ1v) is 6.75. The number of nitrogens with zero attached hydrogens (tertiary/aromatic N) is 1. The molecule has 0 aliphatic carbocycles. The van der Waals surface area contributed by atoms with Gasteiger partial charge in [-0.1, -0.05) is 38.1 Å². The largest absolute Gasteiger partial charge is 0.314 e. The zero-order valence-corrected chi connectivity index (χ0v) is 11.1. The van der Waals surface area contributed by atoms with Crippen molar-refractivity contribution < 1.29 is 0 Å². The van der Waals surface area contributed by atoms with Crippen molar-refractivity contribution in [2.45, 2.75) is 26.8 Å². The molecule has 0 bridgehead atoms. The molecular formula is C15H24N2. The third-order valence-electron chi connectivity index (χ3n) is 3.28. The molecule has 1 aromatic rings. The molecule has 1 N–H and O–H groups in total. The Balaban J connectivity index is 1.88. The van der Waals surface area contributed by atoms with E-state index in [1.165, 1.54) is 30.6 Å². The summed E-state index contributed by atoms with van der Waals surface area (Å²) in [5, 5.41) is 3.39. The average Bonchev–Trinajstić information content (AvgIpc) is 2.32. The molecule has 0 unspecified atom stereocenters. The average molecular weight is 232 g/mol. The molecule has 94 valence electrons. The Hall–Kier alpha value is -0.860. The maximum Gasteiger partial charge on any atom is 0.0234 e. The minimum absolute atomic E-state index is 0.744. The first kappa shape index (κ1) is 12.6. The zero-order valence-electron chi connectivity index (χ0n) is 11.1. The molecule has 2 rings (SSSR count). The van der Waals surface area contributed by atoms with E-state index in [0.717, 1.165) is 25.6 Å². The number of hydrogen-bond acceptors (Lipinski definition) is 2.